The van der Waals surface area contributed by atoms with Crippen molar-refractivity contribution in [3.8, 4) is 0 Å². The summed E-state index contributed by atoms with van der Waals surface area (Å²) in [6.07, 6.45) is 0. The molecule has 1 rings (SSSR count). The summed E-state index contributed by atoms with van der Waals surface area (Å²) in [6, 6.07) is 8.61. The molecule has 0 saturated carbocycles. The van der Waals surface area contributed by atoms with Gasteiger partial charge in [-0.05, 0) is 5.56 Å². The van der Waals surface area contributed by atoms with Gasteiger partial charge in [0, 0.05) is 0 Å². The van der Waals surface area contributed by atoms with E-state index in [1.54, 1.807) is 30.3 Å². The van der Waals surface area contributed by atoms with Crippen LogP contribution in [0, 0.1) is 0 Å². The minimum absolute atomic E-state index is 0.578. The molecule has 1 unspecified atom stereocenters. The Balaban J connectivity index is 2.96. The maximum absolute atomic E-state index is 10.7. The third kappa shape index (κ3) is 2.18. The van der Waals surface area contributed by atoms with Crippen LogP contribution in [0.1, 0.15) is 10.9 Å². The van der Waals surface area contributed by atoms with Gasteiger partial charge >= 0.3 is 5.97 Å². The zero-order valence-electron chi connectivity index (χ0n) is 7.15. The Hall–Kier alpha value is -0.770. The lowest BCUT2D eigenvalue weighted by molar-refractivity contribution is -0.140. The first kappa shape index (κ1) is 11.3. The van der Waals surface area contributed by atoms with E-state index in [1.165, 1.54) is 0 Å². The van der Waals surface area contributed by atoms with Crippen molar-refractivity contribution >= 4 is 29.2 Å². The summed E-state index contributed by atoms with van der Waals surface area (Å²) < 4.78 is 0. The zero-order chi connectivity index (χ0) is 10.8. The largest absolute Gasteiger partial charge is 0.479 e. The number of carbonyl (C=O) groups is 1. The Labute approximate surface area is 91.4 Å². The smallest absolute Gasteiger partial charge is 0.341 e. The van der Waals surface area contributed by atoms with Gasteiger partial charge in [0.15, 0.2) is 0 Å². The number of halogens is 2. The van der Waals surface area contributed by atoms with Crippen molar-refractivity contribution in [2.24, 2.45) is 5.73 Å². The molecule has 2 atom stereocenters. The van der Waals surface area contributed by atoms with Crippen LogP contribution in [0.3, 0.4) is 0 Å². The molecule has 76 valence electrons. The predicted octanol–water partition coefficient (Wildman–Crippen LogP) is 1.94. The molecule has 3 nitrogen and oxygen atoms in total. The average Bonchev–Trinajstić information content (AvgIpc) is 2.17. The van der Waals surface area contributed by atoms with Crippen molar-refractivity contribution in [2.75, 3.05) is 0 Å². The monoisotopic (exact) mass is 233 g/mol. The molecule has 1 aromatic rings. The Morgan fingerprint density at radius 3 is 2.36 bits per heavy atom. The lowest BCUT2D eigenvalue weighted by atomic mass is 10.1. The van der Waals surface area contributed by atoms with Crippen molar-refractivity contribution in [1.82, 2.24) is 0 Å². The quantitative estimate of drug-likeness (QED) is 0.620. The fourth-order valence-electron chi connectivity index (χ4n) is 0.973. The third-order valence-corrected chi connectivity index (χ3v) is 2.88. The van der Waals surface area contributed by atoms with E-state index in [0.29, 0.717) is 5.56 Å². The van der Waals surface area contributed by atoms with Crippen molar-refractivity contribution in [3.05, 3.63) is 35.9 Å². The van der Waals surface area contributed by atoms with Crippen LogP contribution in [-0.2, 0) is 4.79 Å². The molecule has 0 aliphatic rings. The average molecular weight is 234 g/mol. The lowest BCUT2D eigenvalue weighted by Gasteiger charge is -2.22. The molecule has 0 radical (unpaired) electrons. The van der Waals surface area contributed by atoms with Gasteiger partial charge in [-0.25, -0.2) is 4.79 Å². The number of hydrogen-bond donors (Lipinski definition) is 2. The van der Waals surface area contributed by atoms with E-state index < -0.39 is 16.3 Å². The van der Waals surface area contributed by atoms with Gasteiger partial charge in [0.1, 0.15) is 5.38 Å². The van der Waals surface area contributed by atoms with Crippen molar-refractivity contribution < 1.29 is 9.90 Å². The van der Waals surface area contributed by atoms with Crippen LogP contribution < -0.4 is 5.73 Å². The number of carboxylic acids is 1. The maximum Gasteiger partial charge on any atom is 0.341 e. The Morgan fingerprint density at radius 2 is 1.93 bits per heavy atom. The van der Waals surface area contributed by atoms with Crippen molar-refractivity contribution in [3.63, 3.8) is 0 Å². The molecule has 0 amide bonds. The topological polar surface area (TPSA) is 63.3 Å². The van der Waals surface area contributed by atoms with Crippen LogP contribution in [0.2, 0.25) is 0 Å². The van der Waals surface area contributed by atoms with E-state index in [1.807, 2.05) is 0 Å². The van der Waals surface area contributed by atoms with Crippen LogP contribution in [-0.4, -0.2) is 16.1 Å². The number of hydrogen-bond acceptors (Lipinski definition) is 2. The molecule has 0 bridgehead atoms. The van der Waals surface area contributed by atoms with Gasteiger partial charge in [0.05, 0.1) is 0 Å². The second kappa shape index (κ2) is 4.17. The lowest BCUT2D eigenvalue weighted by Crippen LogP contribution is -2.45. The molecule has 0 aliphatic carbocycles. The Morgan fingerprint density at radius 1 is 1.43 bits per heavy atom. The highest BCUT2D eigenvalue weighted by Crippen LogP contribution is 2.33. The minimum Gasteiger partial charge on any atom is -0.479 e. The van der Waals surface area contributed by atoms with Crippen molar-refractivity contribution in [2.45, 2.75) is 10.4 Å². The van der Waals surface area contributed by atoms with Gasteiger partial charge in [-0.15, -0.1) is 11.6 Å². The number of aliphatic carboxylic acids is 1. The number of alkyl halides is 2. The number of benzene rings is 1. The van der Waals surface area contributed by atoms with Crippen LogP contribution in [0.4, 0.5) is 0 Å². The summed E-state index contributed by atoms with van der Waals surface area (Å²) in [6.45, 7) is 0. The number of carboxylic acid groups (broad SMARTS) is 1. The standard InChI is InChI=1S/C9H9Cl2NO2/c10-7(9(11,12)8(13)14)6-4-2-1-3-5-6/h1-5,7H,12H2,(H,13,14)/t7?,9-/m0/s1. The molecule has 0 spiro atoms. The molecule has 3 N–H and O–H groups in total. The summed E-state index contributed by atoms with van der Waals surface area (Å²) in [7, 11) is 0. The summed E-state index contributed by atoms with van der Waals surface area (Å²) >= 11 is 11.5. The first-order valence-electron chi connectivity index (χ1n) is 3.86. The molecule has 14 heavy (non-hydrogen) atoms. The highest BCUT2D eigenvalue weighted by Gasteiger charge is 2.40. The normalized spacial score (nSPS) is 17.1. The van der Waals surface area contributed by atoms with E-state index in [4.69, 9.17) is 34.0 Å². The summed E-state index contributed by atoms with van der Waals surface area (Å²) in [5, 5.41) is 7.76. The predicted molar refractivity (Wildman–Crippen MR) is 55.4 cm³/mol. The maximum atomic E-state index is 10.7. The highest BCUT2D eigenvalue weighted by atomic mass is 35.5. The molecule has 0 heterocycles. The van der Waals surface area contributed by atoms with Gasteiger partial charge in [0.25, 0.3) is 0 Å². The van der Waals surface area contributed by atoms with E-state index in [9.17, 15) is 4.79 Å². The SMILES string of the molecule is N[C@](Cl)(C(=O)O)C(Cl)c1ccccc1. The molecule has 0 fully saturated rings. The van der Waals surface area contributed by atoms with E-state index in [2.05, 4.69) is 0 Å². The fourth-order valence-corrected chi connectivity index (χ4v) is 1.34. The second-order valence-corrected chi connectivity index (χ2v) is 3.91. The molecular weight excluding hydrogens is 225 g/mol. The summed E-state index contributed by atoms with van der Waals surface area (Å²) in [5.41, 5.74) is 5.95. The third-order valence-electron chi connectivity index (χ3n) is 1.79. The Kier molecular flexibility index (Phi) is 3.37. The van der Waals surface area contributed by atoms with Gasteiger partial charge in [0.2, 0.25) is 5.00 Å². The number of rotatable bonds is 3. The molecule has 0 aliphatic heterocycles. The highest BCUT2D eigenvalue weighted by molar-refractivity contribution is 6.39. The summed E-state index contributed by atoms with van der Waals surface area (Å²) in [4.78, 5) is 8.71. The molecule has 0 aromatic heterocycles. The van der Waals surface area contributed by atoms with E-state index in [0.717, 1.165) is 0 Å². The van der Waals surface area contributed by atoms with Gasteiger partial charge < -0.3 is 10.8 Å². The van der Waals surface area contributed by atoms with Crippen LogP contribution >= 0.6 is 23.2 Å². The fraction of sp³-hybridized carbons (Fsp3) is 0.222. The second-order valence-electron chi connectivity index (χ2n) is 2.85. The van der Waals surface area contributed by atoms with Gasteiger partial charge in [-0.3, -0.25) is 0 Å². The van der Waals surface area contributed by atoms with Crippen LogP contribution in [0.5, 0.6) is 0 Å². The van der Waals surface area contributed by atoms with Crippen LogP contribution in [0.25, 0.3) is 0 Å². The zero-order valence-corrected chi connectivity index (χ0v) is 8.66. The first-order chi connectivity index (χ1) is 6.46. The summed E-state index contributed by atoms with van der Waals surface area (Å²) in [5.74, 6) is -1.34. The van der Waals surface area contributed by atoms with E-state index in [-0.39, 0.29) is 0 Å². The van der Waals surface area contributed by atoms with E-state index >= 15 is 0 Å². The molecular formula is C9H9Cl2NO2. The molecule has 5 heteroatoms. The Bertz CT molecular complexity index is 327. The number of nitrogens with two attached hydrogens (primary N) is 1. The van der Waals surface area contributed by atoms with Crippen molar-refractivity contribution in [1.29, 1.82) is 0 Å². The molecule has 1 aromatic carbocycles. The van der Waals surface area contributed by atoms with Gasteiger partial charge in [-0.1, -0.05) is 41.9 Å². The molecule has 0 saturated heterocycles. The van der Waals surface area contributed by atoms with Gasteiger partial charge in [-0.2, -0.15) is 0 Å². The van der Waals surface area contributed by atoms with Crippen LogP contribution in [0.15, 0.2) is 30.3 Å². The first-order valence-corrected chi connectivity index (χ1v) is 4.68. The minimum atomic E-state index is -1.98.